The summed E-state index contributed by atoms with van der Waals surface area (Å²) < 4.78 is 2.51. The van der Waals surface area contributed by atoms with E-state index >= 15 is 0 Å². The highest BCUT2D eigenvalue weighted by atomic mass is 32.1. The Bertz CT molecular complexity index is 628. The first-order valence-electron chi connectivity index (χ1n) is 4.85. The summed E-state index contributed by atoms with van der Waals surface area (Å²) in [6.07, 6.45) is 1.84. The molecule has 0 aliphatic rings. The van der Waals surface area contributed by atoms with Gasteiger partial charge in [0.25, 0.3) is 0 Å². The quantitative estimate of drug-likeness (QED) is 0.676. The number of nitrogens with two attached hydrogens (primary N) is 1. The number of hydrogen-bond acceptors (Lipinski definition) is 3. The number of nitrogens with zero attached hydrogens (tertiary/aromatic N) is 1. The Balaban J connectivity index is 2.43. The van der Waals surface area contributed by atoms with Crippen molar-refractivity contribution >= 4 is 31.6 Å². The third-order valence-corrected chi connectivity index (χ3v) is 3.63. The largest absolute Gasteiger partial charge is 0.326 e. The molecule has 0 fully saturated rings. The van der Waals surface area contributed by atoms with E-state index in [0.717, 1.165) is 5.52 Å². The van der Waals surface area contributed by atoms with Crippen molar-refractivity contribution in [3.05, 3.63) is 42.1 Å². The van der Waals surface area contributed by atoms with Gasteiger partial charge in [0.1, 0.15) is 0 Å². The highest BCUT2D eigenvalue weighted by Gasteiger charge is 2.05. The van der Waals surface area contributed by atoms with Crippen LogP contribution in [-0.4, -0.2) is 4.98 Å². The second kappa shape index (κ2) is 3.29. The van der Waals surface area contributed by atoms with Gasteiger partial charge in [-0.25, -0.2) is 0 Å². The van der Waals surface area contributed by atoms with Crippen LogP contribution in [0.3, 0.4) is 0 Å². The molecule has 0 aliphatic carbocycles. The van der Waals surface area contributed by atoms with Crippen LogP contribution < -0.4 is 5.73 Å². The smallest absolute Gasteiger partial charge is 0.0888 e. The molecule has 15 heavy (non-hydrogen) atoms. The molecule has 0 saturated carbocycles. The standard InChI is InChI=1S/C12H10N2S/c13-7-8-3-4-9-11(6-8)15-10-2-1-5-14-12(9)10/h1-6H,7,13H2. The summed E-state index contributed by atoms with van der Waals surface area (Å²) in [7, 11) is 0. The Morgan fingerprint density at radius 3 is 3.00 bits per heavy atom. The van der Waals surface area contributed by atoms with Crippen molar-refractivity contribution in [2.45, 2.75) is 6.54 Å². The highest BCUT2D eigenvalue weighted by molar-refractivity contribution is 7.25. The first-order valence-corrected chi connectivity index (χ1v) is 5.66. The van der Waals surface area contributed by atoms with Gasteiger partial charge in [-0.1, -0.05) is 12.1 Å². The van der Waals surface area contributed by atoms with Crippen LogP contribution >= 0.6 is 11.3 Å². The molecule has 0 radical (unpaired) electrons. The van der Waals surface area contributed by atoms with Crippen LogP contribution in [0.4, 0.5) is 0 Å². The van der Waals surface area contributed by atoms with Crippen LogP contribution in [0.15, 0.2) is 36.5 Å². The highest BCUT2D eigenvalue weighted by Crippen LogP contribution is 2.32. The summed E-state index contributed by atoms with van der Waals surface area (Å²) in [5.41, 5.74) is 7.90. The number of fused-ring (bicyclic) bond motifs is 3. The van der Waals surface area contributed by atoms with Crippen LogP contribution in [0.1, 0.15) is 5.56 Å². The minimum Gasteiger partial charge on any atom is -0.326 e. The van der Waals surface area contributed by atoms with Gasteiger partial charge >= 0.3 is 0 Å². The van der Waals surface area contributed by atoms with E-state index in [1.54, 1.807) is 11.3 Å². The predicted molar refractivity (Wildman–Crippen MR) is 65.0 cm³/mol. The molecule has 0 spiro atoms. The average molecular weight is 214 g/mol. The molecule has 1 aromatic carbocycles. The molecule has 74 valence electrons. The molecule has 0 saturated heterocycles. The number of pyridine rings is 1. The van der Waals surface area contributed by atoms with Gasteiger partial charge in [0, 0.05) is 22.8 Å². The Morgan fingerprint density at radius 1 is 1.20 bits per heavy atom. The van der Waals surface area contributed by atoms with Crippen molar-refractivity contribution in [3.63, 3.8) is 0 Å². The number of rotatable bonds is 1. The van der Waals surface area contributed by atoms with Crippen LogP contribution in [0, 0.1) is 0 Å². The summed E-state index contributed by atoms with van der Waals surface area (Å²) in [5.74, 6) is 0. The topological polar surface area (TPSA) is 38.9 Å². The third-order valence-electron chi connectivity index (χ3n) is 2.53. The minimum atomic E-state index is 0.595. The van der Waals surface area contributed by atoms with E-state index < -0.39 is 0 Å². The Labute approximate surface area is 91.4 Å². The SMILES string of the molecule is NCc1ccc2c(c1)sc1cccnc12. The Hall–Kier alpha value is -1.45. The van der Waals surface area contributed by atoms with Crippen molar-refractivity contribution in [1.29, 1.82) is 0 Å². The maximum absolute atomic E-state index is 5.62. The monoisotopic (exact) mass is 214 g/mol. The Kier molecular flexibility index (Phi) is 1.94. The molecular weight excluding hydrogens is 204 g/mol. The molecule has 2 N–H and O–H groups in total. The van der Waals surface area contributed by atoms with Crippen molar-refractivity contribution in [1.82, 2.24) is 4.98 Å². The van der Waals surface area contributed by atoms with Crippen LogP contribution in [0.5, 0.6) is 0 Å². The van der Waals surface area contributed by atoms with Crippen LogP contribution in [0.25, 0.3) is 20.3 Å². The first-order chi connectivity index (χ1) is 7.38. The summed E-state index contributed by atoms with van der Waals surface area (Å²) in [6, 6.07) is 10.4. The van der Waals surface area contributed by atoms with E-state index in [9.17, 15) is 0 Å². The fourth-order valence-corrected chi connectivity index (χ4v) is 2.90. The number of aromatic nitrogens is 1. The van der Waals surface area contributed by atoms with E-state index in [1.807, 2.05) is 12.3 Å². The van der Waals surface area contributed by atoms with Gasteiger partial charge < -0.3 is 5.73 Å². The Morgan fingerprint density at radius 2 is 2.13 bits per heavy atom. The van der Waals surface area contributed by atoms with Crippen molar-refractivity contribution < 1.29 is 0 Å². The van der Waals surface area contributed by atoms with Gasteiger partial charge in [0.05, 0.1) is 10.2 Å². The second-order valence-corrected chi connectivity index (χ2v) is 4.57. The third kappa shape index (κ3) is 1.32. The lowest BCUT2D eigenvalue weighted by atomic mass is 10.1. The van der Waals surface area contributed by atoms with Gasteiger partial charge in [0.15, 0.2) is 0 Å². The zero-order valence-electron chi connectivity index (χ0n) is 8.10. The molecule has 3 heteroatoms. The van der Waals surface area contributed by atoms with Crippen molar-refractivity contribution in [2.24, 2.45) is 5.73 Å². The lowest BCUT2D eigenvalue weighted by Crippen LogP contribution is -1.94. The summed E-state index contributed by atoms with van der Waals surface area (Å²) in [4.78, 5) is 4.40. The molecule has 2 aromatic heterocycles. The zero-order valence-corrected chi connectivity index (χ0v) is 8.92. The van der Waals surface area contributed by atoms with E-state index in [0.29, 0.717) is 6.54 Å². The van der Waals surface area contributed by atoms with Gasteiger partial charge in [-0.2, -0.15) is 0 Å². The second-order valence-electron chi connectivity index (χ2n) is 3.49. The fourth-order valence-electron chi connectivity index (χ4n) is 1.77. The van der Waals surface area contributed by atoms with E-state index in [4.69, 9.17) is 5.73 Å². The maximum Gasteiger partial charge on any atom is 0.0888 e. The molecule has 0 amide bonds. The molecule has 3 aromatic rings. The van der Waals surface area contributed by atoms with Gasteiger partial charge in [-0.15, -0.1) is 11.3 Å². The minimum absolute atomic E-state index is 0.595. The van der Waals surface area contributed by atoms with E-state index in [1.165, 1.54) is 20.3 Å². The normalized spacial score (nSPS) is 11.3. The molecule has 2 nitrogen and oxygen atoms in total. The molecule has 0 atom stereocenters. The number of benzene rings is 1. The summed E-state index contributed by atoms with van der Waals surface area (Å²) in [5, 5.41) is 1.23. The van der Waals surface area contributed by atoms with E-state index in [-0.39, 0.29) is 0 Å². The molecule has 2 heterocycles. The van der Waals surface area contributed by atoms with Crippen LogP contribution in [-0.2, 0) is 6.54 Å². The predicted octanol–water partition coefficient (Wildman–Crippen LogP) is 2.91. The summed E-state index contributed by atoms with van der Waals surface area (Å²) in [6.45, 7) is 0.595. The van der Waals surface area contributed by atoms with Gasteiger partial charge in [-0.05, 0) is 23.8 Å². The fraction of sp³-hybridized carbons (Fsp3) is 0.0833. The lowest BCUT2D eigenvalue weighted by Gasteiger charge is -1.95. The van der Waals surface area contributed by atoms with Crippen LogP contribution in [0.2, 0.25) is 0 Å². The lowest BCUT2D eigenvalue weighted by molar-refractivity contribution is 1.08. The number of thiophene rings is 1. The molecule has 0 bridgehead atoms. The van der Waals surface area contributed by atoms with Crippen molar-refractivity contribution in [2.75, 3.05) is 0 Å². The molecule has 0 aliphatic heterocycles. The van der Waals surface area contributed by atoms with Gasteiger partial charge in [-0.3, -0.25) is 4.98 Å². The summed E-state index contributed by atoms with van der Waals surface area (Å²) >= 11 is 1.77. The molecule has 0 unspecified atom stereocenters. The molecule has 3 rings (SSSR count). The first kappa shape index (κ1) is 8.83. The maximum atomic E-state index is 5.62. The molecular formula is C12H10N2S. The average Bonchev–Trinajstić information content (AvgIpc) is 2.66. The van der Waals surface area contributed by atoms with Crippen molar-refractivity contribution in [3.8, 4) is 0 Å². The number of hydrogen-bond donors (Lipinski definition) is 1. The van der Waals surface area contributed by atoms with Gasteiger partial charge in [0.2, 0.25) is 0 Å². The zero-order chi connectivity index (χ0) is 10.3. The van der Waals surface area contributed by atoms with E-state index in [2.05, 4.69) is 29.2 Å².